The molecule has 0 atom stereocenters. The van der Waals surface area contributed by atoms with Crippen molar-refractivity contribution in [2.75, 3.05) is 35.3 Å². The number of hydrogen-bond acceptors (Lipinski definition) is 4. The second-order valence-electron chi connectivity index (χ2n) is 7.38. The van der Waals surface area contributed by atoms with Gasteiger partial charge >= 0.3 is 0 Å². The molecular formula is C24H26N4O. The molecule has 0 saturated carbocycles. The molecule has 1 N–H and O–H groups in total. The molecule has 1 amide bonds. The van der Waals surface area contributed by atoms with Crippen molar-refractivity contribution in [2.24, 2.45) is 0 Å². The van der Waals surface area contributed by atoms with Crippen molar-refractivity contribution in [1.29, 1.82) is 0 Å². The van der Waals surface area contributed by atoms with Gasteiger partial charge in [-0.3, -0.25) is 9.78 Å². The molecule has 4 rings (SSSR count). The van der Waals surface area contributed by atoms with Crippen molar-refractivity contribution in [3.63, 3.8) is 0 Å². The van der Waals surface area contributed by atoms with Crippen molar-refractivity contribution >= 4 is 28.7 Å². The first-order chi connectivity index (χ1) is 14.2. The topological polar surface area (TPSA) is 48.5 Å². The predicted octanol–water partition coefficient (Wildman–Crippen LogP) is 5.09. The number of aromatic nitrogens is 1. The molecule has 0 unspecified atom stereocenters. The van der Waals surface area contributed by atoms with Gasteiger partial charge in [-0.05, 0) is 61.7 Å². The first-order valence-electron chi connectivity index (χ1n) is 10.1. The zero-order chi connectivity index (χ0) is 20.1. The number of nitrogens with one attached hydrogen (secondary N) is 1. The fraction of sp³-hybridized carbons (Fsp3) is 0.250. The third-order valence-electron chi connectivity index (χ3n) is 5.31. The molecule has 3 aromatic rings. The van der Waals surface area contributed by atoms with E-state index in [-0.39, 0.29) is 5.91 Å². The zero-order valence-corrected chi connectivity index (χ0v) is 16.7. The highest BCUT2D eigenvalue weighted by molar-refractivity contribution is 6.06. The normalized spacial score (nSPS) is 13.8. The summed E-state index contributed by atoms with van der Waals surface area (Å²) < 4.78 is 0. The van der Waals surface area contributed by atoms with Crippen LogP contribution in [0.25, 0.3) is 0 Å². The van der Waals surface area contributed by atoms with Crippen molar-refractivity contribution < 1.29 is 4.79 Å². The van der Waals surface area contributed by atoms with Crippen LogP contribution in [0.4, 0.5) is 22.7 Å². The molecule has 0 spiro atoms. The summed E-state index contributed by atoms with van der Waals surface area (Å²) >= 11 is 0. The van der Waals surface area contributed by atoms with Gasteiger partial charge in [0.15, 0.2) is 0 Å². The average Bonchev–Trinajstić information content (AvgIpc) is 2.80. The summed E-state index contributed by atoms with van der Waals surface area (Å²) in [4.78, 5) is 21.1. The van der Waals surface area contributed by atoms with E-state index in [9.17, 15) is 4.79 Å². The largest absolute Gasteiger partial charge is 0.372 e. The van der Waals surface area contributed by atoms with Gasteiger partial charge in [-0.1, -0.05) is 18.2 Å². The van der Waals surface area contributed by atoms with Gasteiger partial charge in [0.25, 0.3) is 5.91 Å². The summed E-state index contributed by atoms with van der Waals surface area (Å²) in [5.41, 5.74) is 4.44. The standard InChI is InChI=1S/C24H26N4O/c1-27(22-8-4-2-5-9-22)24(29)19-16-21(18-25-17-19)26-20-10-12-23(13-11-20)28-14-6-3-7-15-28/h2,4-5,8-13,16-18,26H,3,6-7,14-15H2,1H3. The maximum Gasteiger partial charge on any atom is 0.259 e. The van der Waals surface area contributed by atoms with Crippen LogP contribution in [0.1, 0.15) is 29.6 Å². The summed E-state index contributed by atoms with van der Waals surface area (Å²) in [5, 5.41) is 3.36. The molecule has 1 fully saturated rings. The highest BCUT2D eigenvalue weighted by Gasteiger charge is 2.14. The Kier molecular flexibility index (Phi) is 5.75. The van der Waals surface area contributed by atoms with Crippen LogP contribution in [0.5, 0.6) is 0 Å². The number of carbonyl (C=O) groups excluding carboxylic acids is 1. The highest BCUT2D eigenvalue weighted by Crippen LogP contribution is 2.24. The molecular weight excluding hydrogens is 360 g/mol. The lowest BCUT2D eigenvalue weighted by molar-refractivity contribution is 0.0992. The third kappa shape index (κ3) is 4.57. The Hall–Kier alpha value is -3.34. The fourth-order valence-corrected chi connectivity index (χ4v) is 3.66. The van der Waals surface area contributed by atoms with Crippen LogP contribution in [-0.4, -0.2) is 31.0 Å². The summed E-state index contributed by atoms with van der Waals surface area (Å²) in [6.07, 6.45) is 7.20. The highest BCUT2D eigenvalue weighted by atomic mass is 16.2. The number of hydrogen-bond donors (Lipinski definition) is 1. The number of nitrogens with zero attached hydrogens (tertiary/aromatic N) is 3. The Labute approximate surface area is 172 Å². The van der Waals surface area contributed by atoms with E-state index in [1.54, 1.807) is 24.3 Å². The van der Waals surface area contributed by atoms with Gasteiger partial charge in [0.05, 0.1) is 17.4 Å². The number of carbonyl (C=O) groups is 1. The number of para-hydroxylation sites is 1. The van der Waals surface area contributed by atoms with E-state index in [1.807, 2.05) is 36.4 Å². The van der Waals surface area contributed by atoms with Crippen molar-refractivity contribution in [2.45, 2.75) is 19.3 Å². The Bertz CT molecular complexity index is 950. The average molecular weight is 386 g/mol. The van der Waals surface area contributed by atoms with Gasteiger partial charge in [-0.15, -0.1) is 0 Å². The number of piperidine rings is 1. The van der Waals surface area contributed by atoms with Gasteiger partial charge in [0.2, 0.25) is 0 Å². The SMILES string of the molecule is CN(C(=O)c1cncc(Nc2ccc(N3CCCCC3)cc2)c1)c1ccccc1. The maximum absolute atomic E-state index is 12.8. The number of benzene rings is 2. The van der Waals surface area contributed by atoms with Crippen LogP contribution in [0.2, 0.25) is 0 Å². The minimum absolute atomic E-state index is 0.0900. The number of pyridine rings is 1. The molecule has 1 aliphatic rings. The Balaban J connectivity index is 1.45. The van der Waals surface area contributed by atoms with E-state index in [2.05, 4.69) is 39.5 Å². The molecule has 29 heavy (non-hydrogen) atoms. The predicted molar refractivity (Wildman–Crippen MR) is 119 cm³/mol. The molecule has 148 valence electrons. The van der Waals surface area contributed by atoms with E-state index in [4.69, 9.17) is 0 Å². The molecule has 5 nitrogen and oxygen atoms in total. The van der Waals surface area contributed by atoms with E-state index >= 15 is 0 Å². The number of anilines is 4. The second kappa shape index (κ2) is 8.78. The molecule has 2 aromatic carbocycles. The van der Waals surface area contributed by atoms with Crippen LogP contribution < -0.4 is 15.1 Å². The van der Waals surface area contributed by atoms with E-state index in [0.29, 0.717) is 5.56 Å². The molecule has 1 aromatic heterocycles. The quantitative estimate of drug-likeness (QED) is 0.663. The zero-order valence-electron chi connectivity index (χ0n) is 16.7. The van der Waals surface area contributed by atoms with Crippen molar-refractivity contribution in [3.05, 3.63) is 78.6 Å². The van der Waals surface area contributed by atoms with Crippen LogP contribution in [-0.2, 0) is 0 Å². The van der Waals surface area contributed by atoms with Gasteiger partial charge in [0, 0.05) is 43.4 Å². The maximum atomic E-state index is 12.8. The summed E-state index contributed by atoms with van der Waals surface area (Å²) in [6.45, 7) is 2.27. The van der Waals surface area contributed by atoms with Crippen LogP contribution in [0.15, 0.2) is 73.1 Å². The van der Waals surface area contributed by atoms with Crippen LogP contribution >= 0.6 is 0 Å². The minimum atomic E-state index is -0.0900. The first kappa shape index (κ1) is 19.0. The summed E-state index contributed by atoms with van der Waals surface area (Å²) in [5.74, 6) is -0.0900. The molecule has 0 radical (unpaired) electrons. The van der Waals surface area contributed by atoms with Gasteiger partial charge in [-0.2, -0.15) is 0 Å². The summed E-state index contributed by atoms with van der Waals surface area (Å²) in [6, 6.07) is 19.9. The van der Waals surface area contributed by atoms with Crippen molar-refractivity contribution in [1.82, 2.24) is 4.98 Å². The minimum Gasteiger partial charge on any atom is -0.372 e. The molecule has 5 heteroatoms. The second-order valence-corrected chi connectivity index (χ2v) is 7.38. The lowest BCUT2D eigenvalue weighted by Gasteiger charge is -2.28. The van der Waals surface area contributed by atoms with Gasteiger partial charge in [-0.25, -0.2) is 0 Å². The van der Waals surface area contributed by atoms with Crippen LogP contribution in [0, 0.1) is 0 Å². The molecule has 0 bridgehead atoms. The lowest BCUT2D eigenvalue weighted by atomic mass is 10.1. The molecule has 1 aliphatic heterocycles. The van der Waals surface area contributed by atoms with E-state index < -0.39 is 0 Å². The van der Waals surface area contributed by atoms with Crippen LogP contribution in [0.3, 0.4) is 0 Å². The smallest absolute Gasteiger partial charge is 0.259 e. The number of amides is 1. The fourth-order valence-electron chi connectivity index (χ4n) is 3.66. The van der Waals surface area contributed by atoms with Crippen molar-refractivity contribution in [3.8, 4) is 0 Å². The monoisotopic (exact) mass is 386 g/mol. The van der Waals surface area contributed by atoms with E-state index in [0.717, 1.165) is 30.2 Å². The summed E-state index contributed by atoms with van der Waals surface area (Å²) in [7, 11) is 1.77. The van der Waals surface area contributed by atoms with Gasteiger partial charge in [0.1, 0.15) is 0 Å². The lowest BCUT2D eigenvalue weighted by Crippen LogP contribution is -2.29. The molecule has 0 aliphatic carbocycles. The third-order valence-corrected chi connectivity index (χ3v) is 5.31. The Morgan fingerprint density at radius 1 is 0.931 bits per heavy atom. The Morgan fingerprint density at radius 2 is 1.66 bits per heavy atom. The molecule has 1 saturated heterocycles. The van der Waals surface area contributed by atoms with Gasteiger partial charge < -0.3 is 15.1 Å². The molecule has 2 heterocycles. The Morgan fingerprint density at radius 3 is 2.38 bits per heavy atom. The first-order valence-corrected chi connectivity index (χ1v) is 10.1. The van der Waals surface area contributed by atoms with E-state index in [1.165, 1.54) is 24.9 Å². The number of rotatable bonds is 5.